The molecule has 1 N–H and O–H groups in total. The summed E-state index contributed by atoms with van der Waals surface area (Å²) >= 11 is 0. The first-order chi connectivity index (χ1) is 12.8. The second kappa shape index (κ2) is 6.00. The molecule has 1 aromatic carbocycles. The average Bonchev–Trinajstić information content (AvgIpc) is 3.13. The maximum absolute atomic E-state index is 13.3. The number of ether oxygens (including phenoxy) is 1. The van der Waals surface area contributed by atoms with Gasteiger partial charge in [0.2, 0.25) is 0 Å². The highest BCUT2D eigenvalue weighted by molar-refractivity contribution is 6.03. The number of carboxylic acid groups (broad SMARTS) is 1. The zero-order valence-electron chi connectivity index (χ0n) is 14.1. The third kappa shape index (κ3) is 2.90. The van der Waals surface area contributed by atoms with Crippen LogP contribution in [-0.2, 0) is 12.6 Å². The normalized spacial score (nSPS) is 16.5. The van der Waals surface area contributed by atoms with E-state index >= 15 is 0 Å². The average molecular weight is 377 g/mol. The van der Waals surface area contributed by atoms with Crippen LogP contribution in [0.3, 0.4) is 0 Å². The molecule has 3 aromatic rings. The molecule has 0 bridgehead atoms. The molecule has 2 heterocycles. The summed E-state index contributed by atoms with van der Waals surface area (Å²) in [6.07, 6.45) is -3.37. The van der Waals surface area contributed by atoms with Crippen molar-refractivity contribution in [2.75, 3.05) is 0 Å². The maximum Gasteiger partial charge on any atom is 0.433 e. The molecule has 140 valence electrons. The molecule has 0 spiro atoms. The smallest absolute Gasteiger partial charge is 0.433 e. The number of aromatic carboxylic acids is 1. The number of hydrogen-bond acceptors (Lipinski definition) is 4. The standard InChI is InChI=1S/C19H14F3NO4/c1-9-15(18(24)25)12-8-11(3-5-13(12)26-9)27-14-4-2-10-6-7-23-17(16(10)14)19(20,21)22/h3,5-8,14H,2,4H2,1H3,(H,24,25). The van der Waals surface area contributed by atoms with Gasteiger partial charge in [0.15, 0.2) is 5.69 Å². The lowest BCUT2D eigenvalue weighted by Gasteiger charge is -2.18. The largest absolute Gasteiger partial charge is 0.486 e. The predicted octanol–water partition coefficient (Wildman–Crippen LogP) is 4.92. The van der Waals surface area contributed by atoms with Crippen molar-refractivity contribution < 1.29 is 32.2 Å². The van der Waals surface area contributed by atoms with E-state index in [0.717, 1.165) is 6.20 Å². The van der Waals surface area contributed by atoms with Gasteiger partial charge < -0.3 is 14.3 Å². The fourth-order valence-electron chi connectivity index (χ4n) is 3.57. The van der Waals surface area contributed by atoms with E-state index in [4.69, 9.17) is 9.15 Å². The van der Waals surface area contributed by atoms with E-state index in [1.165, 1.54) is 6.07 Å². The summed E-state index contributed by atoms with van der Waals surface area (Å²) in [6.45, 7) is 1.54. The van der Waals surface area contributed by atoms with Crippen LogP contribution in [-0.4, -0.2) is 16.1 Å². The van der Waals surface area contributed by atoms with E-state index in [0.29, 0.717) is 29.4 Å². The Morgan fingerprint density at radius 2 is 2.11 bits per heavy atom. The first-order valence-electron chi connectivity index (χ1n) is 8.24. The molecular weight excluding hydrogens is 363 g/mol. The Balaban J connectivity index is 1.73. The van der Waals surface area contributed by atoms with E-state index in [-0.39, 0.29) is 22.6 Å². The summed E-state index contributed by atoms with van der Waals surface area (Å²) in [4.78, 5) is 14.9. The van der Waals surface area contributed by atoms with Crippen molar-refractivity contribution in [3.05, 3.63) is 58.6 Å². The third-order valence-electron chi connectivity index (χ3n) is 4.67. The Bertz CT molecular complexity index is 1060. The van der Waals surface area contributed by atoms with Crippen molar-refractivity contribution in [2.24, 2.45) is 0 Å². The summed E-state index contributed by atoms with van der Waals surface area (Å²) in [5, 5.41) is 9.70. The van der Waals surface area contributed by atoms with Gasteiger partial charge in [0.05, 0.1) is 0 Å². The van der Waals surface area contributed by atoms with Gasteiger partial charge in [-0.25, -0.2) is 4.79 Å². The number of fused-ring (bicyclic) bond motifs is 2. The molecular formula is C19H14F3NO4. The number of alkyl halides is 3. The molecule has 27 heavy (non-hydrogen) atoms. The van der Waals surface area contributed by atoms with Gasteiger partial charge in [-0.1, -0.05) is 0 Å². The molecule has 0 fully saturated rings. The molecule has 5 nitrogen and oxygen atoms in total. The van der Waals surface area contributed by atoms with Gasteiger partial charge in [-0.3, -0.25) is 4.98 Å². The number of carbonyl (C=O) groups is 1. The molecule has 0 amide bonds. The summed E-state index contributed by atoms with van der Waals surface area (Å²) in [5.74, 6) is -0.608. The Morgan fingerprint density at radius 1 is 1.33 bits per heavy atom. The molecule has 1 aliphatic rings. The number of nitrogens with zero attached hydrogens (tertiary/aromatic N) is 1. The molecule has 4 rings (SSSR count). The van der Waals surface area contributed by atoms with Crippen molar-refractivity contribution >= 4 is 16.9 Å². The minimum absolute atomic E-state index is 0.0138. The number of aromatic nitrogens is 1. The van der Waals surface area contributed by atoms with Gasteiger partial charge in [-0.15, -0.1) is 0 Å². The van der Waals surface area contributed by atoms with Crippen LogP contribution in [0.25, 0.3) is 11.0 Å². The molecule has 0 saturated carbocycles. The Hall–Kier alpha value is -3.03. The monoisotopic (exact) mass is 377 g/mol. The highest BCUT2D eigenvalue weighted by Crippen LogP contribution is 2.42. The maximum atomic E-state index is 13.3. The van der Waals surface area contributed by atoms with Crippen LogP contribution in [0.4, 0.5) is 13.2 Å². The van der Waals surface area contributed by atoms with E-state index in [1.807, 2.05) is 0 Å². The topological polar surface area (TPSA) is 72.6 Å². The molecule has 1 aliphatic carbocycles. The lowest BCUT2D eigenvalue weighted by atomic mass is 10.1. The predicted molar refractivity (Wildman–Crippen MR) is 88.8 cm³/mol. The number of pyridine rings is 1. The summed E-state index contributed by atoms with van der Waals surface area (Å²) < 4.78 is 51.2. The fraction of sp³-hybridized carbons (Fsp3) is 0.263. The number of halogens is 3. The first kappa shape index (κ1) is 17.4. The Morgan fingerprint density at radius 3 is 2.81 bits per heavy atom. The van der Waals surface area contributed by atoms with E-state index in [2.05, 4.69) is 4.98 Å². The van der Waals surface area contributed by atoms with E-state index in [9.17, 15) is 23.1 Å². The summed E-state index contributed by atoms with van der Waals surface area (Å²) in [7, 11) is 0. The first-order valence-corrected chi connectivity index (χ1v) is 8.24. The lowest BCUT2D eigenvalue weighted by molar-refractivity contribution is -0.142. The van der Waals surface area contributed by atoms with Crippen LogP contribution in [0.2, 0.25) is 0 Å². The van der Waals surface area contributed by atoms with Crippen molar-refractivity contribution in [1.29, 1.82) is 0 Å². The number of carboxylic acids is 1. The lowest BCUT2D eigenvalue weighted by Crippen LogP contribution is -2.15. The van der Waals surface area contributed by atoms with Gasteiger partial charge in [-0.05, 0) is 49.6 Å². The zero-order valence-corrected chi connectivity index (χ0v) is 14.1. The van der Waals surface area contributed by atoms with Crippen molar-refractivity contribution in [3.8, 4) is 5.75 Å². The van der Waals surface area contributed by atoms with Crippen LogP contribution < -0.4 is 4.74 Å². The molecule has 2 aromatic heterocycles. The number of hydrogen-bond donors (Lipinski definition) is 1. The third-order valence-corrected chi connectivity index (χ3v) is 4.67. The second-order valence-corrected chi connectivity index (χ2v) is 6.37. The van der Waals surface area contributed by atoms with E-state index < -0.39 is 23.9 Å². The fourth-order valence-corrected chi connectivity index (χ4v) is 3.57. The molecule has 1 atom stereocenters. The van der Waals surface area contributed by atoms with Gasteiger partial charge in [0.1, 0.15) is 28.8 Å². The Labute approximate surface area is 151 Å². The van der Waals surface area contributed by atoms with Gasteiger partial charge in [0.25, 0.3) is 0 Å². The van der Waals surface area contributed by atoms with Crippen LogP contribution in [0, 0.1) is 6.92 Å². The molecule has 0 saturated heterocycles. The van der Waals surface area contributed by atoms with Crippen LogP contribution in [0.5, 0.6) is 5.75 Å². The Kier molecular flexibility index (Phi) is 3.87. The SMILES string of the molecule is Cc1oc2ccc(OC3CCc4ccnc(C(F)(F)F)c43)cc2c1C(=O)O. The minimum Gasteiger partial charge on any atom is -0.486 e. The van der Waals surface area contributed by atoms with Crippen LogP contribution in [0.1, 0.15) is 45.5 Å². The van der Waals surface area contributed by atoms with Crippen LogP contribution >= 0.6 is 0 Å². The highest BCUT2D eigenvalue weighted by atomic mass is 19.4. The van der Waals surface area contributed by atoms with Crippen molar-refractivity contribution in [2.45, 2.75) is 32.0 Å². The van der Waals surface area contributed by atoms with Gasteiger partial charge >= 0.3 is 12.1 Å². The number of furan rings is 1. The van der Waals surface area contributed by atoms with Crippen molar-refractivity contribution in [3.63, 3.8) is 0 Å². The highest BCUT2D eigenvalue weighted by Gasteiger charge is 2.41. The quantitative estimate of drug-likeness (QED) is 0.701. The molecule has 8 heteroatoms. The minimum atomic E-state index is -4.57. The zero-order chi connectivity index (χ0) is 19.3. The van der Waals surface area contributed by atoms with E-state index in [1.54, 1.807) is 25.1 Å². The van der Waals surface area contributed by atoms with Gasteiger partial charge in [0, 0.05) is 17.1 Å². The summed E-state index contributed by atoms with van der Waals surface area (Å²) in [5.41, 5.74) is 0.0660. The molecule has 0 radical (unpaired) electrons. The number of benzene rings is 1. The van der Waals surface area contributed by atoms with Crippen LogP contribution in [0.15, 0.2) is 34.9 Å². The molecule has 0 aliphatic heterocycles. The second-order valence-electron chi connectivity index (χ2n) is 6.37. The van der Waals surface area contributed by atoms with Crippen molar-refractivity contribution in [1.82, 2.24) is 4.98 Å². The number of aryl methyl sites for hydroxylation is 2. The summed E-state index contributed by atoms with van der Waals surface area (Å²) in [6, 6.07) is 6.16. The number of rotatable bonds is 3. The molecule has 1 unspecified atom stereocenters. The van der Waals surface area contributed by atoms with Gasteiger partial charge in [-0.2, -0.15) is 13.2 Å².